The zero-order valence-corrected chi connectivity index (χ0v) is 13.6. The molecule has 0 unspecified atom stereocenters. The molecule has 9 heteroatoms. The second kappa shape index (κ2) is 9.38. The van der Waals surface area contributed by atoms with Crippen molar-refractivity contribution in [2.45, 2.75) is 37.9 Å². The largest absolute Gasteiger partial charge is 0.481 e. The van der Waals surface area contributed by atoms with Gasteiger partial charge in [-0.3, -0.25) is 14.4 Å². The van der Waals surface area contributed by atoms with Crippen molar-refractivity contribution in [1.82, 2.24) is 10.6 Å². The Hall–Kier alpha value is -2.94. The van der Waals surface area contributed by atoms with Crippen molar-refractivity contribution in [3.05, 3.63) is 35.9 Å². The highest BCUT2D eigenvalue weighted by atomic mass is 16.4. The minimum absolute atomic E-state index is 0.0168. The third-order valence-electron chi connectivity index (χ3n) is 3.32. The molecule has 2 amide bonds. The van der Waals surface area contributed by atoms with Gasteiger partial charge in [-0.05, 0) is 12.5 Å². The molecule has 1 aromatic carbocycles. The average molecular weight is 351 g/mol. The molecule has 1 aromatic rings. The summed E-state index contributed by atoms with van der Waals surface area (Å²) in [5.41, 5.74) is 6.07. The van der Waals surface area contributed by atoms with Gasteiger partial charge in [-0.25, -0.2) is 4.79 Å². The first-order chi connectivity index (χ1) is 11.7. The second-order valence-corrected chi connectivity index (χ2v) is 5.54. The van der Waals surface area contributed by atoms with Crippen molar-refractivity contribution in [2.24, 2.45) is 5.73 Å². The Kier molecular flexibility index (Phi) is 7.54. The molecular formula is C16H21N3O6. The van der Waals surface area contributed by atoms with Gasteiger partial charge in [0.2, 0.25) is 11.8 Å². The molecule has 25 heavy (non-hydrogen) atoms. The van der Waals surface area contributed by atoms with Crippen LogP contribution in [0.4, 0.5) is 0 Å². The molecule has 0 aromatic heterocycles. The number of nitrogens with two attached hydrogens (primary N) is 1. The van der Waals surface area contributed by atoms with E-state index in [1.165, 1.54) is 6.92 Å². The molecule has 0 aliphatic carbocycles. The average Bonchev–Trinajstić information content (AvgIpc) is 2.53. The first kappa shape index (κ1) is 20.1. The van der Waals surface area contributed by atoms with Crippen LogP contribution >= 0.6 is 0 Å². The van der Waals surface area contributed by atoms with Crippen molar-refractivity contribution in [2.75, 3.05) is 0 Å². The van der Waals surface area contributed by atoms with Crippen LogP contribution in [0.5, 0.6) is 0 Å². The molecule has 0 spiro atoms. The Labute approximate surface area is 144 Å². The highest BCUT2D eigenvalue weighted by Gasteiger charge is 2.29. The Bertz CT molecular complexity index is 632. The molecule has 0 bridgehead atoms. The molecule has 3 atom stereocenters. The van der Waals surface area contributed by atoms with E-state index in [0.717, 1.165) is 0 Å². The van der Waals surface area contributed by atoms with Crippen LogP contribution in [0, 0.1) is 0 Å². The van der Waals surface area contributed by atoms with E-state index in [4.69, 9.17) is 10.8 Å². The van der Waals surface area contributed by atoms with Gasteiger partial charge in [0.15, 0.2) is 0 Å². The predicted molar refractivity (Wildman–Crippen MR) is 87.5 cm³/mol. The Balaban J connectivity index is 2.84. The van der Waals surface area contributed by atoms with Crippen LogP contribution in [0.25, 0.3) is 0 Å². The molecule has 0 aliphatic rings. The number of carbonyl (C=O) groups excluding carboxylic acids is 2. The van der Waals surface area contributed by atoms with Gasteiger partial charge in [0.05, 0.1) is 12.5 Å². The summed E-state index contributed by atoms with van der Waals surface area (Å²) in [6.45, 7) is 1.38. The summed E-state index contributed by atoms with van der Waals surface area (Å²) in [5, 5.41) is 22.6. The first-order valence-electron chi connectivity index (χ1n) is 7.55. The fraction of sp³-hybridized carbons (Fsp3) is 0.375. The van der Waals surface area contributed by atoms with Gasteiger partial charge >= 0.3 is 11.9 Å². The molecule has 6 N–H and O–H groups in total. The molecule has 0 heterocycles. The van der Waals surface area contributed by atoms with E-state index in [1.54, 1.807) is 30.3 Å². The summed E-state index contributed by atoms with van der Waals surface area (Å²) in [4.78, 5) is 46.1. The number of carboxylic acids is 2. The van der Waals surface area contributed by atoms with Gasteiger partial charge < -0.3 is 26.6 Å². The smallest absolute Gasteiger partial charge is 0.326 e. The maximum absolute atomic E-state index is 12.2. The SMILES string of the molecule is C[C@@H](N)C(=O)N[C@H](CC(=O)O)C(=O)N[C@@H](Cc1ccccc1)C(=O)O. The van der Waals surface area contributed by atoms with E-state index in [1.807, 2.05) is 0 Å². The third-order valence-corrected chi connectivity index (χ3v) is 3.32. The standard InChI is InChI=1S/C16H21N3O6/c1-9(17)14(22)18-11(8-13(20)21)15(23)19-12(16(24)25)7-10-5-3-2-4-6-10/h2-6,9,11-12H,7-8,17H2,1H3,(H,18,22)(H,19,23)(H,20,21)(H,24,25)/t9-,11-,12+/m1/s1. The Morgan fingerprint density at radius 2 is 1.56 bits per heavy atom. The zero-order valence-electron chi connectivity index (χ0n) is 13.6. The summed E-state index contributed by atoms with van der Waals surface area (Å²) in [5.74, 6) is -4.21. The molecular weight excluding hydrogens is 330 g/mol. The van der Waals surface area contributed by atoms with Gasteiger partial charge in [-0.2, -0.15) is 0 Å². The number of hydrogen-bond acceptors (Lipinski definition) is 5. The number of nitrogens with one attached hydrogen (secondary N) is 2. The lowest BCUT2D eigenvalue weighted by atomic mass is 10.1. The van der Waals surface area contributed by atoms with Gasteiger partial charge in [-0.15, -0.1) is 0 Å². The molecule has 0 radical (unpaired) electrons. The van der Waals surface area contributed by atoms with Crippen LogP contribution in [-0.4, -0.2) is 52.1 Å². The predicted octanol–water partition coefficient (Wildman–Crippen LogP) is -0.895. The molecule has 136 valence electrons. The molecule has 0 aliphatic heterocycles. The van der Waals surface area contributed by atoms with Crippen molar-refractivity contribution in [1.29, 1.82) is 0 Å². The van der Waals surface area contributed by atoms with Crippen molar-refractivity contribution < 1.29 is 29.4 Å². The quantitative estimate of drug-likeness (QED) is 0.386. The van der Waals surface area contributed by atoms with Crippen LogP contribution < -0.4 is 16.4 Å². The maximum atomic E-state index is 12.2. The third kappa shape index (κ3) is 7.00. The monoisotopic (exact) mass is 351 g/mol. The number of hydrogen-bond donors (Lipinski definition) is 5. The minimum atomic E-state index is -1.42. The van der Waals surface area contributed by atoms with Crippen LogP contribution in [0.2, 0.25) is 0 Å². The highest BCUT2D eigenvalue weighted by Crippen LogP contribution is 2.05. The van der Waals surface area contributed by atoms with Crippen LogP contribution in [0.1, 0.15) is 18.9 Å². The Morgan fingerprint density at radius 1 is 1.00 bits per heavy atom. The molecule has 0 saturated heterocycles. The minimum Gasteiger partial charge on any atom is -0.481 e. The maximum Gasteiger partial charge on any atom is 0.326 e. The summed E-state index contributed by atoms with van der Waals surface area (Å²) in [6, 6.07) is 5.00. The Morgan fingerprint density at radius 3 is 2.04 bits per heavy atom. The van der Waals surface area contributed by atoms with Crippen molar-refractivity contribution >= 4 is 23.8 Å². The molecule has 0 saturated carbocycles. The zero-order chi connectivity index (χ0) is 19.0. The normalized spacial score (nSPS) is 14.0. The van der Waals surface area contributed by atoms with Crippen LogP contribution in [0.3, 0.4) is 0 Å². The lowest BCUT2D eigenvalue weighted by Gasteiger charge is -2.21. The van der Waals surface area contributed by atoms with E-state index in [2.05, 4.69) is 10.6 Å². The summed E-state index contributed by atoms with van der Waals surface area (Å²) in [7, 11) is 0. The van der Waals surface area contributed by atoms with Crippen LogP contribution in [0.15, 0.2) is 30.3 Å². The molecule has 0 fully saturated rings. The van der Waals surface area contributed by atoms with Gasteiger partial charge in [-0.1, -0.05) is 30.3 Å². The highest BCUT2D eigenvalue weighted by molar-refractivity contribution is 5.93. The van der Waals surface area contributed by atoms with Crippen molar-refractivity contribution in [3.8, 4) is 0 Å². The van der Waals surface area contributed by atoms with Gasteiger partial charge in [0, 0.05) is 6.42 Å². The fourth-order valence-electron chi connectivity index (χ4n) is 2.01. The van der Waals surface area contributed by atoms with Gasteiger partial charge in [0.1, 0.15) is 12.1 Å². The number of carbonyl (C=O) groups is 4. The topological polar surface area (TPSA) is 159 Å². The van der Waals surface area contributed by atoms with E-state index in [-0.39, 0.29) is 6.42 Å². The van der Waals surface area contributed by atoms with E-state index in [0.29, 0.717) is 5.56 Å². The molecule has 9 nitrogen and oxygen atoms in total. The van der Waals surface area contributed by atoms with Gasteiger partial charge in [0.25, 0.3) is 0 Å². The number of aliphatic carboxylic acids is 2. The number of amides is 2. The van der Waals surface area contributed by atoms with E-state index < -0.39 is 48.3 Å². The van der Waals surface area contributed by atoms with E-state index >= 15 is 0 Å². The number of benzene rings is 1. The summed E-state index contributed by atoms with van der Waals surface area (Å²) < 4.78 is 0. The van der Waals surface area contributed by atoms with Crippen molar-refractivity contribution in [3.63, 3.8) is 0 Å². The summed E-state index contributed by atoms with van der Waals surface area (Å²) in [6.07, 6.45) is -0.676. The van der Waals surface area contributed by atoms with Crippen LogP contribution in [-0.2, 0) is 25.6 Å². The lowest BCUT2D eigenvalue weighted by molar-refractivity contribution is -0.143. The fourth-order valence-corrected chi connectivity index (χ4v) is 2.01. The second-order valence-electron chi connectivity index (χ2n) is 5.54. The molecule has 1 rings (SSSR count). The summed E-state index contributed by atoms with van der Waals surface area (Å²) >= 11 is 0. The number of rotatable bonds is 9. The number of carboxylic acid groups (broad SMARTS) is 2. The van der Waals surface area contributed by atoms with E-state index in [9.17, 15) is 24.3 Å². The first-order valence-corrected chi connectivity index (χ1v) is 7.55. The lowest BCUT2D eigenvalue weighted by Crippen LogP contribution is -2.55.